The second kappa shape index (κ2) is 9.54. The summed E-state index contributed by atoms with van der Waals surface area (Å²) in [7, 11) is -2.48. The first-order chi connectivity index (χ1) is 15.9. The summed E-state index contributed by atoms with van der Waals surface area (Å²) in [5.74, 6) is -1.84. The van der Waals surface area contributed by atoms with Crippen molar-refractivity contribution in [3.05, 3.63) is 59.4 Å². The lowest BCUT2D eigenvalue weighted by molar-refractivity contribution is -0.137. The molecule has 0 aliphatic rings. The van der Waals surface area contributed by atoms with Gasteiger partial charge in [-0.05, 0) is 18.2 Å². The van der Waals surface area contributed by atoms with Crippen LogP contribution in [0.5, 0.6) is 0 Å². The van der Waals surface area contributed by atoms with Gasteiger partial charge in [-0.2, -0.15) is 18.2 Å². The van der Waals surface area contributed by atoms with Crippen LogP contribution in [0, 0.1) is 5.82 Å². The molecule has 0 amide bonds. The van der Waals surface area contributed by atoms with Gasteiger partial charge in [-0.25, -0.2) is 22.8 Å². The molecule has 0 saturated carbocycles. The first-order valence-electron chi connectivity index (χ1n) is 9.34. The number of aldehydes is 1. The molecule has 0 fully saturated rings. The maximum atomic E-state index is 13.8. The zero-order valence-electron chi connectivity index (χ0n) is 17.6. The number of hydrogen-bond donors (Lipinski definition) is 2. The third-order valence-electron chi connectivity index (χ3n) is 4.45. The molecule has 1 aromatic carbocycles. The molecule has 2 aromatic heterocycles. The Morgan fingerprint density at radius 3 is 2.47 bits per heavy atom. The van der Waals surface area contributed by atoms with Gasteiger partial charge < -0.3 is 10.6 Å². The number of nitrogens with zero attached hydrogens (tertiary/aromatic N) is 5. The monoisotopic (exact) mass is 499 g/mol. The number of sulfonamides is 1. The second-order valence-corrected chi connectivity index (χ2v) is 8.86. The van der Waals surface area contributed by atoms with Gasteiger partial charge in [0.1, 0.15) is 22.9 Å². The largest absolute Gasteiger partial charge is 0.421 e. The number of rotatable bonds is 8. The van der Waals surface area contributed by atoms with Crippen LogP contribution in [0.15, 0.2) is 36.8 Å². The number of benzene rings is 1. The Kier molecular flexibility index (Phi) is 6.95. The molecule has 0 radical (unpaired) electrons. The molecule has 2 heterocycles. The SMILES string of the molecule is CN(c1nccnc1CNc1nc(Nc2ccc(C=O)c(F)c2)ncc1C(F)(F)F)S(C)(=O)=O. The zero-order valence-corrected chi connectivity index (χ0v) is 18.4. The fourth-order valence-electron chi connectivity index (χ4n) is 2.69. The summed E-state index contributed by atoms with van der Waals surface area (Å²) in [6, 6.07) is 3.47. The average molecular weight is 499 g/mol. The Balaban J connectivity index is 1.92. The van der Waals surface area contributed by atoms with Gasteiger partial charge in [-0.15, -0.1) is 0 Å². The van der Waals surface area contributed by atoms with E-state index >= 15 is 0 Å². The van der Waals surface area contributed by atoms with E-state index in [0.717, 1.165) is 16.6 Å². The summed E-state index contributed by atoms with van der Waals surface area (Å²) in [4.78, 5) is 26.1. The molecule has 15 heteroatoms. The maximum Gasteiger partial charge on any atom is 0.421 e. The van der Waals surface area contributed by atoms with Gasteiger partial charge >= 0.3 is 6.18 Å². The fourth-order valence-corrected chi connectivity index (χ4v) is 3.15. The lowest BCUT2D eigenvalue weighted by Crippen LogP contribution is -2.27. The van der Waals surface area contributed by atoms with Crippen LogP contribution in [-0.2, 0) is 22.7 Å². The van der Waals surface area contributed by atoms with Crippen molar-refractivity contribution >= 4 is 39.6 Å². The molecule has 0 aliphatic carbocycles. The molecule has 0 saturated heterocycles. The van der Waals surface area contributed by atoms with Crippen LogP contribution in [0.25, 0.3) is 0 Å². The Bertz CT molecular complexity index is 1320. The van der Waals surface area contributed by atoms with E-state index in [1.54, 1.807) is 0 Å². The number of halogens is 4. The van der Waals surface area contributed by atoms with Crippen LogP contribution >= 0.6 is 0 Å². The van der Waals surface area contributed by atoms with Gasteiger partial charge in [0.05, 0.1) is 18.4 Å². The maximum absolute atomic E-state index is 13.8. The molecule has 2 N–H and O–H groups in total. The van der Waals surface area contributed by atoms with Crippen molar-refractivity contribution in [3.8, 4) is 0 Å². The molecule has 0 unspecified atom stereocenters. The van der Waals surface area contributed by atoms with Crippen LogP contribution in [0.3, 0.4) is 0 Å². The third kappa shape index (κ3) is 5.72. The number of carbonyl (C=O) groups is 1. The Morgan fingerprint density at radius 1 is 1.15 bits per heavy atom. The molecule has 0 bridgehead atoms. The molecule has 0 atom stereocenters. The van der Waals surface area contributed by atoms with E-state index in [9.17, 15) is 30.8 Å². The van der Waals surface area contributed by atoms with E-state index in [-0.39, 0.29) is 35.3 Å². The summed E-state index contributed by atoms with van der Waals surface area (Å²) in [5, 5.41) is 5.04. The van der Waals surface area contributed by atoms with Crippen molar-refractivity contribution < 1.29 is 30.8 Å². The molecule has 3 rings (SSSR count). The highest BCUT2D eigenvalue weighted by Crippen LogP contribution is 2.34. The first-order valence-corrected chi connectivity index (χ1v) is 11.2. The Hall–Kier alpha value is -3.88. The van der Waals surface area contributed by atoms with Crippen LogP contribution in [0.1, 0.15) is 21.6 Å². The van der Waals surface area contributed by atoms with Gasteiger partial charge in [-0.1, -0.05) is 0 Å². The van der Waals surface area contributed by atoms with Crippen molar-refractivity contribution in [2.24, 2.45) is 0 Å². The predicted molar refractivity (Wildman–Crippen MR) is 115 cm³/mol. The summed E-state index contributed by atoms with van der Waals surface area (Å²) >= 11 is 0. The van der Waals surface area contributed by atoms with Gasteiger partial charge in [0.15, 0.2) is 12.1 Å². The van der Waals surface area contributed by atoms with Crippen molar-refractivity contribution in [1.29, 1.82) is 0 Å². The summed E-state index contributed by atoms with van der Waals surface area (Å²) in [5.41, 5.74) is -1.24. The lowest BCUT2D eigenvalue weighted by atomic mass is 10.2. The summed E-state index contributed by atoms with van der Waals surface area (Å²) < 4.78 is 78.8. The van der Waals surface area contributed by atoms with E-state index in [1.807, 2.05) is 0 Å². The number of aromatic nitrogens is 4. The van der Waals surface area contributed by atoms with E-state index in [0.29, 0.717) is 12.5 Å². The average Bonchev–Trinajstić information content (AvgIpc) is 2.76. The molecule has 180 valence electrons. The van der Waals surface area contributed by atoms with Gasteiger partial charge in [0.25, 0.3) is 0 Å². The van der Waals surface area contributed by atoms with Gasteiger partial charge in [0, 0.05) is 31.3 Å². The topological polar surface area (TPSA) is 130 Å². The minimum absolute atomic E-state index is 0.0446. The highest BCUT2D eigenvalue weighted by molar-refractivity contribution is 7.92. The van der Waals surface area contributed by atoms with Gasteiger partial charge in [-0.3, -0.25) is 14.1 Å². The van der Waals surface area contributed by atoms with Crippen LogP contribution in [-0.4, -0.2) is 47.9 Å². The first kappa shape index (κ1) is 24.8. The number of carbonyl (C=O) groups excluding carboxylic acids is 1. The van der Waals surface area contributed by atoms with E-state index in [2.05, 4.69) is 30.6 Å². The number of nitrogens with one attached hydrogen (secondary N) is 2. The fraction of sp³-hybridized carbons (Fsp3) is 0.211. The smallest absolute Gasteiger partial charge is 0.364 e. The normalized spacial score (nSPS) is 11.7. The molecule has 34 heavy (non-hydrogen) atoms. The van der Waals surface area contributed by atoms with Crippen LogP contribution in [0.2, 0.25) is 0 Å². The standard InChI is InChI=1S/C19H17F4N7O3S/c1-30(34(2,32)33)17-15(24-5-6-25-17)9-26-16-13(19(21,22)23)8-27-18(29-16)28-12-4-3-11(10-31)14(20)7-12/h3-8,10H,9H2,1-2H3,(H2,26,27,28,29). The van der Waals surface area contributed by atoms with E-state index in [4.69, 9.17) is 0 Å². The number of hydrogen-bond acceptors (Lipinski definition) is 9. The highest BCUT2D eigenvalue weighted by Gasteiger charge is 2.35. The number of alkyl halides is 3. The van der Waals surface area contributed by atoms with Crippen molar-refractivity contribution in [1.82, 2.24) is 19.9 Å². The lowest BCUT2D eigenvalue weighted by Gasteiger charge is -2.19. The predicted octanol–water partition coefficient (Wildman–Crippen LogP) is 2.99. The highest BCUT2D eigenvalue weighted by atomic mass is 32.2. The molecular weight excluding hydrogens is 482 g/mol. The summed E-state index contributed by atoms with van der Waals surface area (Å²) in [6.45, 7) is -0.356. The number of anilines is 4. The zero-order chi connectivity index (χ0) is 25.1. The van der Waals surface area contributed by atoms with Crippen LogP contribution < -0.4 is 14.9 Å². The van der Waals surface area contributed by atoms with E-state index in [1.165, 1.54) is 31.6 Å². The molecular formula is C19H17F4N7O3S. The molecule has 10 nitrogen and oxygen atoms in total. The van der Waals surface area contributed by atoms with Gasteiger partial charge in [0.2, 0.25) is 16.0 Å². The quantitative estimate of drug-likeness (QED) is 0.355. The van der Waals surface area contributed by atoms with Crippen molar-refractivity contribution in [2.75, 3.05) is 28.2 Å². The minimum Gasteiger partial charge on any atom is -0.364 e. The Morgan fingerprint density at radius 2 is 1.85 bits per heavy atom. The molecule has 3 aromatic rings. The van der Waals surface area contributed by atoms with Crippen molar-refractivity contribution in [3.63, 3.8) is 0 Å². The minimum atomic E-state index is -4.81. The second-order valence-electron chi connectivity index (χ2n) is 6.84. The van der Waals surface area contributed by atoms with E-state index < -0.39 is 33.4 Å². The van der Waals surface area contributed by atoms with Crippen LogP contribution in [0.4, 0.5) is 40.8 Å². The Labute approximate surface area is 191 Å². The molecule has 0 aliphatic heterocycles. The molecule has 0 spiro atoms. The third-order valence-corrected chi connectivity index (χ3v) is 5.62. The summed E-state index contributed by atoms with van der Waals surface area (Å²) in [6.07, 6.45) is -0.526. The van der Waals surface area contributed by atoms with Crippen molar-refractivity contribution in [2.45, 2.75) is 12.7 Å².